The predicted octanol–water partition coefficient (Wildman–Crippen LogP) is 4.97. The van der Waals surface area contributed by atoms with Crippen LogP contribution in [0.1, 0.15) is 27.9 Å². The number of para-hydroxylation sites is 1. The van der Waals surface area contributed by atoms with Gasteiger partial charge in [-0.25, -0.2) is 9.67 Å². The molecule has 6 nitrogen and oxygen atoms in total. The van der Waals surface area contributed by atoms with Crippen molar-refractivity contribution in [1.82, 2.24) is 19.7 Å². The van der Waals surface area contributed by atoms with Crippen molar-refractivity contribution in [1.29, 1.82) is 0 Å². The zero-order valence-electron chi connectivity index (χ0n) is 18.9. The molecule has 33 heavy (non-hydrogen) atoms. The fourth-order valence-corrected chi connectivity index (χ4v) is 5.07. The predicted molar refractivity (Wildman–Crippen MR) is 133 cm³/mol. The largest absolute Gasteiger partial charge is 0.346 e. The molecule has 0 saturated carbocycles. The van der Waals surface area contributed by atoms with E-state index in [1.165, 1.54) is 5.56 Å². The Hall–Kier alpha value is -3.45. The van der Waals surface area contributed by atoms with Crippen LogP contribution in [0.5, 0.6) is 0 Å². The smallest absolute Gasteiger partial charge is 0.257 e. The number of carbonyl (C=O) groups excluding carboxylic acids is 1. The van der Waals surface area contributed by atoms with Crippen LogP contribution < -0.4 is 4.90 Å². The topological polar surface area (TPSA) is 54.3 Å². The van der Waals surface area contributed by atoms with E-state index in [0.29, 0.717) is 12.1 Å². The number of rotatable bonds is 4. The standard InChI is InChI=1S/C26H27N5OS/c1-19-9-10-22(20(2)17-19)24-23(18-31(28-24)21-7-4-3-5-8-21)25(32)29-12-6-13-30(15-14-29)26-27-11-16-33-26/h3-5,7-11,16-18H,6,12-15H2,1-2H3. The van der Waals surface area contributed by atoms with Crippen LogP contribution in [-0.2, 0) is 0 Å². The molecule has 0 radical (unpaired) electrons. The van der Waals surface area contributed by atoms with Gasteiger partial charge >= 0.3 is 0 Å². The molecule has 1 amide bonds. The Morgan fingerprint density at radius 2 is 1.85 bits per heavy atom. The molecule has 0 atom stereocenters. The number of hydrogen-bond acceptors (Lipinski definition) is 5. The van der Waals surface area contributed by atoms with Gasteiger partial charge < -0.3 is 9.80 Å². The highest BCUT2D eigenvalue weighted by Gasteiger charge is 2.26. The monoisotopic (exact) mass is 457 g/mol. The maximum absolute atomic E-state index is 13.8. The average Bonchev–Trinajstić information content (AvgIpc) is 3.45. The van der Waals surface area contributed by atoms with Crippen LogP contribution in [0.3, 0.4) is 0 Å². The van der Waals surface area contributed by atoms with Crippen LogP contribution >= 0.6 is 11.3 Å². The van der Waals surface area contributed by atoms with Gasteiger partial charge in [-0.3, -0.25) is 4.79 Å². The van der Waals surface area contributed by atoms with Crippen molar-refractivity contribution in [2.24, 2.45) is 0 Å². The van der Waals surface area contributed by atoms with E-state index in [9.17, 15) is 4.79 Å². The second kappa shape index (κ2) is 9.19. The van der Waals surface area contributed by atoms with Crippen molar-refractivity contribution >= 4 is 22.4 Å². The lowest BCUT2D eigenvalue weighted by atomic mass is 10.00. The molecule has 5 rings (SSSR count). The number of carbonyl (C=O) groups is 1. The summed E-state index contributed by atoms with van der Waals surface area (Å²) >= 11 is 1.65. The summed E-state index contributed by atoms with van der Waals surface area (Å²) < 4.78 is 1.82. The van der Waals surface area contributed by atoms with Gasteiger partial charge in [-0.15, -0.1) is 11.3 Å². The Labute approximate surface area is 198 Å². The summed E-state index contributed by atoms with van der Waals surface area (Å²) in [4.78, 5) is 22.5. The number of nitrogens with zero attached hydrogens (tertiary/aromatic N) is 5. The van der Waals surface area contributed by atoms with Crippen LogP contribution in [0, 0.1) is 13.8 Å². The molecule has 0 spiro atoms. The van der Waals surface area contributed by atoms with E-state index in [-0.39, 0.29) is 5.91 Å². The third kappa shape index (κ3) is 4.41. The molecule has 1 saturated heterocycles. The molecule has 7 heteroatoms. The molecule has 168 valence electrons. The van der Waals surface area contributed by atoms with Gasteiger partial charge in [0.15, 0.2) is 5.13 Å². The summed E-state index contributed by atoms with van der Waals surface area (Å²) in [5.41, 5.74) is 5.64. The SMILES string of the molecule is Cc1ccc(-c2nn(-c3ccccc3)cc2C(=O)N2CCCN(c3nccs3)CC2)c(C)c1. The van der Waals surface area contributed by atoms with Crippen molar-refractivity contribution in [3.8, 4) is 16.9 Å². The van der Waals surface area contributed by atoms with Gasteiger partial charge in [-0.05, 0) is 38.0 Å². The number of hydrogen-bond donors (Lipinski definition) is 0. The molecule has 3 heterocycles. The van der Waals surface area contributed by atoms with Gasteiger partial charge in [0.25, 0.3) is 5.91 Å². The summed E-state index contributed by atoms with van der Waals surface area (Å²) in [6, 6.07) is 16.3. The first kappa shape index (κ1) is 21.4. The van der Waals surface area contributed by atoms with Gasteiger partial charge in [-0.1, -0.05) is 42.0 Å². The third-order valence-corrected chi connectivity index (χ3v) is 6.91. The molecule has 4 aromatic rings. The number of aryl methyl sites for hydroxylation is 2. The van der Waals surface area contributed by atoms with Gasteiger partial charge in [0, 0.05) is 49.5 Å². The summed E-state index contributed by atoms with van der Waals surface area (Å²) in [6.07, 6.45) is 4.63. The molecule has 2 aromatic carbocycles. The van der Waals surface area contributed by atoms with Gasteiger partial charge in [0.1, 0.15) is 5.69 Å². The first-order valence-electron chi connectivity index (χ1n) is 11.3. The van der Waals surface area contributed by atoms with Crippen molar-refractivity contribution in [3.63, 3.8) is 0 Å². The minimum atomic E-state index is 0.0353. The minimum Gasteiger partial charge on any atom is -0.346 e. The van der Waals surface area contributed by atoms with E-state index < -0.39 is 0 Å². The summed E-state index contributed by atoms with van der Waals surface area (Å²) in [6.45, 7) is 7.24. The van der Waals surface area contributed by atoms with Crippen LogP contribution in [0.2, 0.25) is 0 Å². The van der Waals surface area contributed by atoms with E-state index in [1.807, 2.05) is 57.7 Å². The van der Waals surface area contributed by atoms with E-state index in [4.69, 9.17) is 5.10 Å². The quantitative estimate of drug-likeness (QED) is 0.434. The van der Waals surface area contributed by atoms with Crippen molar-refractivity contribution in [2.75, 3.05) is 31.1 Å². The molecule has 2 aromatic heterocycles. The van der Waals surface area contributed by atoms with Gasteiger partial charge in [0.2, 0.25) is 0 Å². The van der Waals surface area contributed by atoms with E-state index in [2.05, 4.69) is 41.9 Å². The van der Waals surface area contributed by atoms with E-state index in [0.717, 1.165) is 53.7 Å². The zero-order valence-corrected chi connectivity index (χ0v) is 19.8. The lowest BCUT2D eigenvalue weighted by Crippen LogP contribution is -2.35. The van der Waals surface area contributed by atoms with Crippen molar-refractivity contribution in [3.05, 3.63) is 83.0 Å². The van der Waals surface area contributed by atoms with Crippen LogP contribution in [0.25, 0.3) is 16.9 Å². The van der Waals surface area contributed by atoms with Crippen LogP contribution in [-0.4, -0.2) is 51.8 Å². The molecule has 1 aliphatic rings. The maximum atomic E-state index is 13.8. The first-order chi connectivity index (χ1) is 16.1. The molecule has 0 bridgehead atoms. The molecule has 0 unspecified atom stereocenters. The average molecular weight is 458 g/mol. The van der Waals surface area contributed by atoms with Crippen LogP contribution in [0.15, 0.2) is 66.3 Å². The molecular formula is C26H27N5OS. The summed E-state index contributed by atoms with van der Waals surface area (Å²) in [5, 5.41) is 7.91. The molecule has 0 N–H and O–H groups in total. The summed E-state index contributed by atoms with van der Waals surface area (Å²) in [7, 11) is 0. The lowest BCUT2D eigenvalue weighted by molar-refractivity contribution is 0.0768. The number of anilines is 1. The zero-order chi connectivity index (χ0) is 22.8. The first-order valence-corrected chi connectivity index (χ1v) is 12.1. The number of amides is 1. The van der Waals surface area contributed by atoms with Crippen molar-refractivity contribution < 1.29 is 4.79 Å². The minimum absolute atomic E-state index is 0.0353. The van der Waals surface area contributed by atoms with Crippen molar-refractivity contribution in [2.45, 2.75) is 20.3 Å². The highest BCUT2D eigenvalue weighted by atomic mass is 32.1. The lowest BCUT2D eigenvalue weighted by Gasteiger charge is -2.21. The van der Waals surface area contributed by atoms with Gasteiger partial charge in [-0.2, -0.15) is 5.10 Å². The highest BCUT2D eigenvalue weighted by molar-refractivity contribution is 7.13. The fourth-order valence-electron chi connectivity index (χ4n) is 4.38. The normalized spacial score (nSPS) is 14.4. The highest BCUT2D eigenvalue weighted by Crippen LogP contribution is 2.29. The maximum Gasteiger partial charge on any atom is 0.257 e. The second-order valence-corrected chi connectivity index (χ2v) is 9.31. The van der Waals surface area contributed by atoms with E-state index >= 15 is 0 Å². The Morgan fingerprint density at radius 3 is 2.61 bits per heavy atom. The van der Waals surface area contributed by atoms with Gasteiger partial charge in [0.05, 0.1) is 11.3 Å². The summed E-state index contributed by atoms with van der Waals surface area (Å²) in [5.74, 6) is 0.0353. The Morgan fingerprint density at radius 1 is 1.00 bits per heavy atom. The fraction of sp³-hybridized carbons (Fsp3) is 0.269. The molecule has 1 fully saturated rings. The third-order valence-electron chi connectivity index (χ3n) is 6.08. The number of aromatic nitrogens is 3. The second-order valence-electron chi connectivity index (χ2n) is 8.44. The Kier molecular flexibility index (Phi) is 5.96. The number of benzene rings is 2. The Bertz CT molecular complexity index is 1250. The molecular weight excluding hydrogens is 430 g/mol. The van der Waals surface area contributed by atoms with E-state index in [1.54, 1.807) is 11.3 Å². The van der Waals surface area contributed by atoms with Crippen LogP contribution in [0.4, 0.5) is 5.13 Å². The molecule has 1 aliphatic heterocycles. The molecule has 0 aliphatic carbocycles. The Balaban J connectivity index is 1.49. The number of thiazole rings is 1.